The molecule has 4 rings (SSSR count). The summed E-state index contributed by atoms with van der Waals surface area (Å²) in [6.45, 7) is 14.7. The van der Waals surface area contributed by atoms with Gasteiger partial charge in [-0.1, -0.05) is 82.9 Å². The second-order valence-electron chi connectivity index (χ2n) is 12.1. The highest BCUT2D eigenvalue weighted by Crippen LogP contribution is 2.38. The van der Waals surface area contributed by atoms with Crippen molar-refractivity contribution >= 4 is 46.7 Å². The van der Waals surface area contributed by atoms with E-state index in [1.807, 2.05) is 12.1 Å². The van der Waals surface area contributed by atoms with Gasteiger partial charge >= 0.3 is 6.09 Å². The number of aromatic nitrogens is 2. The van der Waals surface area contributed by atoms with Gasteiger partial charge in [-0.3, -0.25) is 20.0 Å². The van der Waals surface area contributed by atoms with Crippen LogP contribution in [0, 0.1) is 6.92 Å². The minimum absolute atomic E-state index is 0.0164. The fraction of sp³-hybridized carbons (Fsp3) is 0.324. The summed E-state index contributed by atoms with van der Waals surface area (Å²) in [7, 11) is 0. The van der Waals surface area contributed by atoms with Crippen molar-refractivity contribution in [2.75, 3.05) is 10.6 Å². The van der Waals surface area contributed by atoms with Crippen LogP contribution in [0.5, 0.6) is 5.75 Å². The fourth-order valence-corrected chi connectivity index (χ4v) is 5.05. The van der Waals surface area contributed by atoms with Crippen LogP contribution in [0.2, 0.25) is 10.0 Å². The Morgan fingerprint density at radius 3 is 2.27 bits per heavy atom. The number of hydrogen-bond donors (Lipinski definition) is 3. The lowest BCUT2D eigenvalue weighted by atomic mass is 9.76. The van der Waals surface area contributed by atoms with Crippen molar-refractivity contribution < 1.29 is 14.3 Å². The number of aryl methyl sites for hydroxylation is 1. The van der Waals surface area contributed by atoms with Crippen molar-refractivity contribution in [2.24, 2.45) is 0 Å². The minimum atomic E-state index is -0.673. The monoisotopic (exact) mass is 636 g/mol. The number of rotatable bonds is 9. The summed E-state index contributed by atoms with van der Waals surface area (Å²) >= 11 is 12.5. The number of nitrogens with zero attached hydrogens (tertiary/aromatic N) is 1. The van der Waals surface area contributed by atoms with Gasteiger partial charge in [0.1, 0.15) is 11.6 Å². The SMILES string of the molecule is CCC(C)(C)c1ccc(OC(=O)Nc2cccc(C(=O)Nc3cc(=O)n(-c4cc(Cl)c(C)cc4Cl)[nH]3)c2)c(C(C)(C)CC)c1. The van der Waals surface area contributed by atoms with Gasteiger partial charge in [-0.15, -0.1) is 0 Å². The van der Waals surface area contributed by atoms with Gasteiger partial charge in [-0.05, 0) is 78.1 Å². The van der Waals surface area contributed by atoms with Gasteiger partial charge in [0.15, 0.2) is 0 Å². The highest BCUT2D eigenvalue weighted by atomic mass is 35.5. The molecule has 2 amide bonds. The topological polar surface area (TPSA) is 105 Å². The van der Waals surface area contributed by atoms with Crippen molar-refractivity contribution in [1.82, 2.24) is 9.78 Å². The lowest BCUT2D eigenvalue weighted by Crippen LogP contribution is -2.24. The van der Waals surface area contributed by atoms with Crippen LogP contribution < -0.4 is 20.9 Å². The molecule has 0 atom stereocenters. The summed E-state index contributed by atoms with van der Waals surface area (Å²) < 4.78 is 7.00. The van der Waals surface area contributed by atoms with E-state index < -0.39 is 17.6 Å². The zero-order valence-electron chi connectivity index (χ0n) is 26.0. The molecule has 0 aliphatic carbocycles. The van der Waals surface area contributed by atoms with Crippen molar-refractivity contribution in [3.8, 4) is 11.4 Å². The Bertz CT molecular complexity index is 1770. The van der Waals surface area contributed by atoms with Gasteiger partial charge < -0.3 is 10.1 Å². The molecular weight excluding hydrogens is 599 g/mol. The fourth-order valence-electron chi connectivity index (χ4n) is 4.59. The van der Waals surface area contributed by atoms with E-state index in [1.54, 1.807) is 37.3 Å². The van der Waals surface area contributed by atoms with Crippen LogP contribution in [0.25, 0.3) is 5.69 Å². The third-order valence-corrected chi connectivity index (χ3v) is 8.98. The Morgan fingerprint density at radius 1 is 0.886 bits per heavy atom. The summed E-state index contributed by atoms with van der Waals surface area (Å²) in [5.41, 5.74) is 3.22. The van der Waals surface area contributed by atoms with Crippen LogP contribution in [-0.4, -0.2) is 21.8 Å². The molecule has 0 aliphatic heterocycles. The highest BCUT2D eigenvalue weighted by molar-refractivity contribution is 6.35. The first-order valence-electron chi connectivity index (χ1n) is 14.5. The van der Waals surface area contributed by atoms with Gasteiger partial charge in [0, 0.05) is 27.9 Å². The van der Waals surface area contributed by atoms with Crippen molar-refractivity contribution in [3.63, 3.8) is 0 Å². The van der Waals surface area contributed by atoms with E-state index in [-0.39, 0.29) is 22.2 Å². The third-order valence-electron chi connectivity index (χ3n) is 8.27. The standard InChI is InChI=1S/C34H38Cl2N4O4/c1-8-33(4,5)22-13-14-28(24(17-22)34(6,7)9-2)44-32(43)37-23-12-10-11-21(16-23)31(42)38-29-19-30(41)40(39-29)27-18-25(35)20(3)15-26(27)36/h10-19,39H,8-9H2,1-7H3,(H,37,43)(H,38,42). The first kappa shape index (κ1) is 32.9. The lowest BCUT2D eigenvalue weighted by Gasteiger charge is -2.30. The molecule has 232 valence electrons. The minimum Gasteiger partial charge on any atom is -0.410 e. The van der Waals surface area contributed by atoms with Crippen LogP contribution in [0.3, 0.4) is 0 Å². The number of halogens is 2. The molecular formula is C34H38Cl2N4O4. The van der Waals surface area contributed by atoms with Crippen molar-refractivity contribution in [3.05, 3.63) is 103 Å². The lowest BCUT2D eigenvalue weighted by molar-refractivity contribution is 0.102. The molecule has 0 saturated heterocycles. The summed E-state index contributed by atoms with van der Waals surface area (Å²) in [6.07, 6.45) is 1.16. The quantitative estimate of drug-likeness (QED) is 0.170. The number of hydrogen-bond acceptors (Lipinski definition) is 4. The van der Waals surface area contributed by atoms with Gasteiger partial charge in [-0.25, -0.2) is 9.48 Å². The molecule has 0 fully saturated rings. The van der Waals surface area contributed by atoms with E-state index in [1.165, 1.54) is 22.4 Å². The molecule has 44 heavy (non-hydrogen) atoms. The molecule has 0 spiro atoms. The zero-order valence-corrected chi connectivity index (χ0v) is 27.5. The van der Waals surface area contributed by atoms with Crippen LogP contribution >= 0.6 is 23.2 Å². The van der Waals surface area contributed by atoms with E-state index in [9.17, 15) is 14.4 Å². The number of nitrogens with one attached hydrogen (secondary N) is 3. The van der Waals surface area contributed by atoms with Gasteiger partial charge in [0.05, 0.1) is 10.7 Å². The molecule has 0 bridgehead atoms. The first-order chi connectivity index (χ1) is 20.6. The number of amides is 2. The molecule has 0 aliphatic rings. The number of carbonyl (C=O) groups excluding carboxylic acids is 2. The van der Waals surface area contributed by atoms with E-state index in [2.05, 4.69) is 63.3 Å². The molecule has 0 radical (unpaired) electrons. The smallest absolute Gasteiger partial charge is 0.410 e. The number of anilines is 2. The Hall–Kier alpha value is -4.01. The number of aromatic amines is 1. The molecule has 3 aromatic carbocycles. The number of ether oxygens (including phenoxy) is 1. The first-order valence-corrected chi connectivity index (χ1v) is 15.2. The molecule has 8 nitrogen and oxygen atoms in total. The van der Waals surface area contributed by atoms with Crippen molar-refractivity contribution in [1.29, 1.82) is 0 Å². The normalized spacial score (nSPS) is 11.8. The maximum Gasteiger partial charge on any atom is 0.417 e. The van der Waals surface area contributed by atoms with Crippen LogP contribution in [0.4, 0.5) is 16.3 Å². The summed E-state index contributed by atoms with van der Waals surface area (Å²) in [5, 5.41) is 9.00. The van der Waals surface area contributed by atoms with Crippen LogP contribution in [0.15, 0.2) is 65.5 Å². The molecule has 0 unspecified atom stereocenters. The maximum atomic E-state index is 13.1. The van der Waals surface area contributed by atoms with E-state index in [0.717, 1.165) is 24.0 Å². The zero-order chi connectivity index (χ0) is 32.4. The van der Waals surface area contributed by atoms with Crippen LogP contribution in [0.1, 0.15) is 81.4 Å². The van der Waals surface area contributed by atoms with E-state index in [0.29, 0.717) is 27.2 Å². The average molecular weight is 638 g/mol. The Balaban J connectivity index is 1.50. The second kappa shape index (κ2) is 12.9. The van der Waals surface area contributed by atoms with Crippen molar-refractivity contribution in [2.45, 2.75) is 72.1 Å². The van der Waals surface area contributed by atoms with E-state index in [4.69, 9.17) is 27.9 Å². The van der Waals surface area contributed by atoms with Gasteiger partial charge in [-0.2, -0.15) is 0 Å². The van der Waals surface area contributed by atoms with Crippen LogP contribution in [-0.2, 0) is 10.8 Å². The average Bonchev–Trinajstić information content (AvgIpc) is 3.34. The largest absolute Gasteiger partial charge is 0.417 e. The summed E-state index contributed by atoms with van der Waals surface area (Å²) in [6, 6.07) is 16.9. The Kier molecular flexibility index (Phi) is 9.66. The molecule has 0 saturated carbocycles. The van der Waals surface area contributed by atoms with E-state index >= 15 is 0 Å². The predicted molar refractivity (Wildman–Crippen MR) is 178 cm³/mol. The number of H-pyrrole nitrogens is 1. The number of carbonyl (C=O) groups is 2. The Labute approximate surface area is 267 Å². The molecule has 3 N–H and O–H groups in total. The second-order valence-corrected chi connectivity index (χ2v) is 12.9. The molecule has 1 heterocycles. The summed E-state index contributed by atoms with van der Waals surface area (Å²) in [4.78, 5) is 38.7. The molecule has 1 aromatic heterocycles. The Morgan fingerprint density at radius 2 is 1.59 bits per heavy atom. The molecule has 10 heteroatoms. The third kappa shape index (κ3) is 7.20. The maximum absolute atomic E-state index is 13.1. The highest BCUT2D eigenvalue weighted by Gasteiger charge is 2.27. The number of benzene rings is 3. The van der Waals surface area contributed by atoms with Gasteiger partial charge in [0.25, 0.3) is 11.5 Å². The molecule has 4 aromatic rings. The van der Waals surface area contributed by atoms with Gasteiger partial charge in [0.2, 0.25) is 0 Å². The predicted octanol–water partition coefficient (Wildman–Crippen LogP) is 9.02. The summed E-state index contributed by atoms with van der Waals surface area (Å²) in [5.74, 6) is 0.151.